The number of nitro groups is 1. The van der Waals surface area contributed by atoms with Crippen LogP contribution >= 0.6 is 0 Å². The van der Waals surface area contributed by atoms with Crippen LogP contribution in [-0.2, 0) is 0 Å². The molecule has 0 aliphatic heterocycles. The van der Waals surface area contributed by atoms with Gasteiger partial charge in [0.2, 0.25) is 11.6 Å². The third-order valence-electron chi connectivity index (χ3n) is 3.10. The number of hydrogen-bond donors (Lipinski definition) is 1. The lowest BCUT2D eigenvalue weighted by atomic mass is 10.1. The molecule has 0 bridgehead atoms. The maximum absolute atomic E-state index is 13.7. The first-order chi connectivity index (χ1) is 11.2. The Morgan fingerprint density at radius 2 is 1.75 bits per heavy atom. The summed E-state index contributed by atoms with van der Waals surface area (Å²) >= 11 is 0. The van der Waals surface area contributed by atoms with Crippen LogP contribution < -0.4 is 5.32 Å². The third-order valence-corrected chi connectivity index (χ3v) is 3.10. The summed E-state index contributed by atoms with van der Waals surface area (Å²) in [5.41, 5.74) is -2.06. The minimum Gasteiger partial charge on any atom is -0.322 e. The van der Waals surface area contributed by atoms with Crippen LogP contribution in [0.3, 0.4) is 0 Å². The van der Waals surface area contributed by atoms with E-state index in [1.807, 2.05) is 0 Å². The van der Waals surface area contributed by atoms with E-state index in [4.69, 9.17) is 0 Å². The number of hydrogen-bond acceptors (Lipinski definition) is 4. The van der Waals surface area contributed by atoms with Gasteiger partial charge >= 0.3 is 5.69 Å². The quantitative estimate of drug-likeness (QED) is 0.400. The van der Waals surface area contributed by atoms with Crippen LogP contribution in [-0.4, -0.2) is 16.6 Å². The third kappa shape index (κ3) is 3.24. The molecule has 2 aromatic rings. The largest absolute Gasteiger partial charge is 0.322 e. The molecule has 0 aliphatic rings. The predicted octanol–water partition coefficient (Wildman–Crippen LogP) is 3.47. The van der Waals surface area contributed by atoms with E-state index in [1.165, 1.54) is 31.2 Å². The van der Waals surface area contributed by atoms with Gasteiger partial charge in [-0.25, -0.2) is 8.78 Å². The molecule has 24 heavy (non-hydrogen) atoms. The molecule has 1 amide bonds. The Balaban J connectivity index is 2.42. The van der Waals surface area contributed by atoms with Crippen molar-refractivity contribution >= 4 is 23.1 Å². The SMILES string of the molecule is CC(=O)c1cccc(NC(=O)c2cc([N+](=O)[O-])c(F)c(F)c2F)c1. The summed E-state index contributed by atoms with van der Waals surface area (Å²) in [6, 6.07) is 5.87. The molecular formula is C15H9F3N2O4. The minimum absolute atomic E-state index is 0.0829. The number of nitrogens with one attached hydrogen (secondary N) is 1. The second kappa shape index (κ2) is 6.49. The number of nitro benzene ring substituents is 1. The van der Waals surface area contributed by atoms with Crippen LogP contribution in [0.2, 0.25) is 0 Å². The zero-order valence-corrected chi connectivity index (χ0v) is 12.1. The number of rotatable bonds is 4. The smallest absolute Gasteiger partial charge is 0.308 e. The van der Waals surface area contributed by atoms with Gasteiger partial charge in [-0.3, -0.25) is 19.7 Å². The van der Waals surface area contributed by atoms with E-state index in [9.17, 15) is 32.9 Å². The Kier molecular flexibility index (Phi) is 4.63. The maximum atomic E-state index is 13.7. The molecule has 124 valence electrons. The lowest BCUT2D eigenvalue weighted by molar-refractivity contribution is -0.387. The predicted molar refractivity (Wildman–Crippen MR) is 77.4 cm³/mol. The van der Waals surface area contributed by atoms with E-state index in [1.54, 1.807) is 0 Å². The number of halogens is 3. The van der Waals surface area contributed by atoms with Gasteiger partial charge in [-0.15, -0.1) is 0 Å². The van der Waals surface area contributed by atoms with Gasteiger partial charge in [-0.05, 0) is 19.1 Å². The molecule has 0 saturated heterocycles. The molecule has 0 heterocycles. The standard InChI is InChI=1S/C15H9F3N2O4/c1-7(21)8-3-2-4-9(5-8)19-15(22)10-6-11(20(23)24)13(17)14(18)12(10)16/h2-6H,1H3,(H,19,22). The van der Waals surface area contributed by atoms with Crippen LogP contribution in [0.1, 0.15) is 27.6 Å². The van der Waals surface area contributed by atoms with Crippen molar-refractivity contribution in [3.05, 3.63) is 69.0 Å². The molecule has 0 spiro atoms. The fraction of sp³-hybridized carbons (Fsp3) is 0.0667. The molecule has 9 heteroatoms. The summed E-state index contributed by atoms with van der Waals surface area (Å²) in [5.74, 6) is -7.48. The summed E-state index contributed by atoms with van der Waals surface area (Å²) in [6.07, 6.45) is 0. The van der Waals surface area contributed by atoms with Crippen molar-refractivity contribution in [2.45, 2.75) is 6.92 Å². The first kappa shape index (κ1) is 17.1. The highest BCUT2D eigenvalue weighted by Crippen LogP contribution is 2.26. The topological polar surface area (TPSA) is 89.3 Å². The van der Waals surface area contributed by atoms with Crippen LogP contribution in [0.25, 0.3) is 0 Å². The van der Waals surface area contributed by atoms with E-state index in [2.05, 4.69) is 5.32 Å². The number of anilines is 1. The zero-order chi connectivity index (χ0) is 18.0. The highest BCUT2D eigenvalue weighted by atomic mass is 19.2. The van der Waals surface area contributed by atoms with Crippen LogP contribution in [0.4, 0.5) is 24.5 Å². The molecule has 0 aromatic heterocycles. The molecule has 0 aliphatic carbocycles. The van der Waals surface area contributed by atoms with Gasteiger partial charge in [0, 0.05) is 17.3 Å². The lowest BCUT2D eigenvalue weighted by Crippen LogP contribution is -2.16. The maximum Gasteiger partial charge on any atom is 0.308 e. The normalized spacial score (nSPS) is 10.3. The van der Waals surface area contributed by atoms with Gasteiger partial charge < -0.3 is 5.32 Å². The monoisotopic (exact) mass is 338 g/mol. The highest BCUT2D eigenvalue weighted by molar-refractivity contribution is 6.05. The van der Waals surface area contributed by atoms with Crippen molar-refractivity contribution in [2.24, 2.45) is 0 Å². The zero-order valence-electron chi connectivity index (χ0n) is 12.1. The van der Waals surface area contributed by atoms with E-state index in [0.29, 0.717) is 6.07 Å². The molecule has 0 unspecified atom stereocenters. The summed E-state index contributed by atoms with van der Waals surface area (Å²) in [5, 5.41) is 12.8. The van der Waals surface area contributed by atoms with Gasteiger partial charge in [-0.1, -0.05) is 12.1 Å². The number of Topliss-reactive ketones (excluding diaryl/α,β-unsaturated/α-hetero) is 1. The molecule has 0 atom stereocenters. The van der Waals surface area contributed by atoms with E-state index >= 15 is 0 Å². The van der Waals surface area contributed by atoms with Crippen molar-refractivity contribution in [1.29, 1.82) is 0 Å². The van der Waals surface area contributed by atoms with Gasteiger partial charge in [0.15, 0.2) is 11.6 Å². The minimum atomic E-state index is -2.12. The Hall–Kier alpha value is -3.23. The highest BCUT2D eigenvalue weighted by Gasteiger charge is 2.28. The molecule has 2 rings (SSSR count). The number of nitrogens with zero attached hydrogens (tertiary/aromatic N) is 1. The van der Waals surface area contributed by atoms with E-state index in [0.717, 1.165) is 0 Å². The van der Waals surface area contributed by atoms with Gasteiger partial charge in [0.25, 0.3) is 5.91 Å². The van der Waals surface area contributed by atoms with Crippen molar-refractivity contribution in [2.75, 3.05) is 5.32 Å². The molecular weight excluding hydrogens is 329 g/mol. The molecule has 1 N–H and O–H groups in total. The van der Waals surface area contributed by atoms with Gasteiger partial charge in [-0.2, -0.15) is 4.39 Å². The second-order valence-electron chi connectivity index (χ2n) is 4.73. The molecule has 0 fully saturated rings. The Morgan fingerprint density at radius 3 is 2.33 bits per heavy atom. The van der Waals surface area contributed by atoms with Crippen LogP contribution in [0.15, 0.2) is 30.3 Å². The number of carbonyl (C=O) groups excluding carboxylic acids is 2. The molecule has 0 saturated carbocycles. The van der Waals surface area contributed by atoms with E-state index < -0.39 is 39.5 Å². The summed E-state index contributed by atoms with van der Waals surface area (Å²) in [7, 11) is 0. The van der Waals surface area contributed by atoms with Gasteiger partial charge in [0.1, 0.15) is 0 Å². The molecule has 6 nitrogen and oxygen atoms in total. The Labute approximate surface area is 133 Å². The van der Waals surface area contributed by atoms with Crippen LogP contribution in [0, 0.1) is 27.6 Å². The van der Waals surface area contributed by atoms with Gasteiger partial charge in [0.05, 0.1) is 10.5 Å². The van der Waals surface area contributed by atoms with Crippen molar-refractivity contribution < 1.29 is 27.7 Å². The first-order valence-electron chi connectivity index (χ1n) is 6.46. The fourth-order valence-electron chi connectivity index (χ4n) is 1.90. The van der Waals surface area contributed by atoms with E-state index in [-0.39, 0.29) is 17.0 Å². The number of amides is 1. The second-order valence-corrected chi connectivity index (χ2v) is 4.73. The summed E-state index contributed by atoms with van der Waals surface area (Å²) in [6.45, 7) is 1.29. The van der Waals surface area contributed by atoms with Crippen LogP contribution in [0.5, 0.6) is 0 Å². The van der Waals surface area contributed by atoms with Crippen molar-refractivity contribution in [3.63, 3.8) is 0 Å². The number of carbonyl (C=O) groups is 2. The summed E-state index contributed by atoms with van der Waals surface area (Å²) < 4.78 is 40.4. The Bertz CT molecular complexity index is 868. The lowest BCUT2D eigenvalue weighted by Gasteiger charge is -2.08. The summed E-state index contributed by atoms with van der Waals surface area (Å²) in [4.78, 5) is 32.6. The fourth-order valence-corrected chi connectivity index (χ4v) is 1.90. The Morgan fingerprint density at radius 1 is 1.08 bits per heavy atom. The first-order valence-corrected chi connectivity index (χ1v) is 6.46. The molecule has 0 radical (unpaired) electrons. The number of benzene rings is 2. The van der Waals surface area contributed by atoms with Crippen molar-refractivity contribution in [3.8, 4) is 0 Å². The molecule has 2 aromatic carbocycles. The average Bonchev–Trinajstić information content (AvgIpc) is 2.52. The average molecular weight is 338 g/mol. The number of ketones is 1. The van der Waals surface area contributed by atoms with Crippen molar-refractivity contribution in [1.82, 2.24) is 0 Å².